The molecule has 1 saturated heterocycles. The van der Waals surface area contributed by atoms with Crippen LogP contribution in [0.5, 0.6) is 11.5 Å². The van der Waals surface area contributed by atoms with E-state index in [-0.39, 0.29) is 6.04 Å². The van der Waals surface area contributed by atoms with Crippen molar-refractivity contribution in [2.45, 2.75) is 37.8 Å². The number of rotatable bonds is 6. The van der Waals surface area contributed by atoms with Crippen LogP contribution in [0.25, 0.3) is 0 Å². The van der Waals surface area contributed by atoms with Gasteiger partial charge in [-0.05, 0) is 50.9 Å². The second-order valence-electron chi connectivity index (χ2n) is 5.17. The van der Waals surface area contributed by atoms with E-state index in [0.29, 0.717) is 6.10 Å². The molecule has 0 saturated carbocycles. The zero-order valence-electron chi connectivity index (χ0n) is 12.6. The zero-order chi connectivity index (χ0) is 14.4. The minimum atomic E-state index is 0.211. The largest absolute Gasteiger partial charge is 0.497 e. The molecular weight excluding hydrogens is 254 g/mol. The van der Waals surface area contributed by atoms with Crippen LogP contribution < -0.4 is 14.8 Å². The van der Waals surface area contributed by atoms with Gasteiger partial charge in [0.25, 0.3) is 0 Å². The average molecular weight is 279 g/mol. The second kappa shape index (κ2) is 7.50. The molecule has 0 aromatic heterocycles. The Balaban J connectivity index is 2.16. The van der Waals surface area contributed by atoms with Gasteiger partial charge in [-0.2, -0.15) is 0 Å². The molecule has 4 heteroatoms. The van der Waals surface area contributed by atoms with Crippen molar-refractivity contribution in [1.82, 2.24) is 5.32 Å². The van der Waals surface area contributed by atoms with Crippen LogP contribution in [0.2, 0.25) is 0 Å². The highest BCUT2D eigenvalue weighted by molar-refractivity contribution is 5.42. The summed E-state index contributed by atoms with van der Waals surface area (Å²) in [5.74, 6) is 1.74. The van der Waals surface area contributed by atoms with Gasteiger partial charge in [-0.15, -0.1) is 0 Å². The Morgan fingerprint density at radius 1 is 1.30 bits per heavy atom. The molecule has 1 aromatic rings. The van der Waals surface area contributed by atoms with Gasteiger partial charge >= 0.3 is 0 Å². The average Bonchev–Trinajstić information content (AvgIpc) is 2.53. The summed E-state index contributed by atoms with van der Waals surface area (Å²) in [6.45, 7) is 0.885. The first-order chi connectivity index (χ1) is 9.78. The zero-order valence-corrected chi connectivity index (χ0v) is 12.6. The van der Waals surface area contributed by atoms with Crippen LogP contribution in [0.3, 0.4) is 0 Å². The van der Waals surface area contributed by atoms with Gasteiger partial charge in [-0.25, -0.2) is 0 Å². The van der Waals surface area contributed by atoms with E-state index in [9.17, 15) is 0 Å². The van der Waals surface area contributed by atoms with E-state index in [4.69, 9.17) is 14.2 Å². The van der Waals surface area contributed by atoms with Crippen LogP contribution in [0.15, 0.2) is 18.2 Å². The summed E-state index contributed by atoms with van der Waals surface area (Å²) >= 11 is 0. The molecule has 1 aliphatic heterocycles. The van der Waals surface area contributed by atoms with E-state index in [0.717, 1.165) is 36.5 Å². The number of hydrogen-bond acceptors (Lipinski definition) is 4. The first kappa shape index (κ1) is 15.1. The van der Waals surface area contributed by atoms with Crippen molar-refractivity contribution in [1.29, 1.82) is 0 Å². The quantitative estimate of drug-likeness (QED) is 0.869. The number of benzene rings is 1. The summed E-state index contributed by atoms with van der Waals surface area (Å²) in [7, 11) is 5.37. The topological polar surface area (TPSA) is 39.7 Å². The Bertz CT molecular complexity index is 416. The molecule has 0 spiro atoms. The maximum absolute atomic E-state index is 5.85. The molecule has 0 aliphatic carbocycles. The summed E-state index contributed by atoms with van der Waals surface area (Å²) in [5.41, 5.74) is 1.13. The van der Waals surface area contributed by atoms with Crippen LogP contribution in [0.4, 0.5) is 0 Å². The van der Waals surface area contributed by atoms with Crippen molar-refractivity contribution in [3.63, 3.8) is 0 Å². The number of ether oxygens (including phenoxy) is 3. The highest BCUT2D eigenvalue weighted by Gasteiger charge is 2.22. The normalized spacial score (nSPS) is 20.4. The van der Waals surface area contributed by atoms with E-state index in [1.165, 1.54) is 12.8 Å². The van der Waals surface area contributed by atoms with Crippen LogP contribution in [-0.4, -0.2) is 34.0 Å². The summed E-state index contributed by atoms with van der Waals surface area (Å²) < 4.78 is 16.7. The molecule has 20 heavy (non-hydrogen) atoms. The summed E-state index contributed by atoms with van der Waals surface area (Å²) in [6.07, 6.45) is 4.88. The van der Waals surface area contributed by atoms with Gasteiger partial charge in [0.1, 0.15) is 11.5 Å². The standard InChI is InChI=1S/C16H25NO3/c1-17-15(11-13-6-4-5-9-20-13)14-10-12(18-2)7-8-16(14)19-3/h7-8,10,13,15,17H,4-6,9,11H2,1-3H3. The SMILES string of the molecule is CNC(CC1CCCCO1)c1cc(OC)ccc1OC. The maximum atomic E-state index is 5.85. The van der Waals surface area contributed by atoms with Gasteiger partial charge in [-0.3, -0.25) is 0 Å². The Hall–Kier alpha value is -1.26. The molecule has 1 N–H and O–H groups in total. The van der Waals surface area contributed by atoms with Gasteiger partial charge in [-0.1, -0.05) is 0 Å². The first-order valence-electron chi connectivity index (χ1n) is 7.29. The number of nitrogens with one attached hydrogen (secondary N) is 1. The van der Waals surface area contributed by atoms with Crippen molar-refractivity contribution in [3.05, 3.63) is 23.8 Å². The summed E-state index contributed by atoms with van der Waals surface area (Å²) in [6, 6.07) is 6.14. The lowest BCUT2D eigenvalue weighted by Crippen LogP contribution is -2.27. The van der Waals surface area contributed by atoms with E-state index < -0.39 is 0 Å². The lowest BCUT2D eigenvalue weighted by Gasteiger charge is -2.28. The van der Waals surface area contributed by atoms with Crippen molar-refractivity contribution in [2.75, 3.05) is 27.9 Å². The van der Waals surface area contributed by atoms with Crippen molar-refractivity contribution in [3.8, 4) is 11.5 Å². The molecule has 1 aliphatic rings. The Kier molecular flexibility index (Phi) is 5.68. The van der Waals surface area contributed by atoms with Gasteiger partial charge in [0, 0.05) is 18.2 Å². The Morgan fingerprint density at radius 3 is 2.75 bits per heavy atom. The van der Waals surface area contributed by atoms with Crippen LogP contribution in [0.1, 0.15) is 37.3 Å². The number of hydrogen-bond donors (Lipinski definition) is 1. The van der Waals surface area contributed by atoms with Crippen molar-refractivity contribution < 1.29 is 14.2 Å². The minimum absolute atomic E-state index is 0.211. The van der Waals surface area contributed by atoms with E-state index in [1.54, 1.807) is 14.2 Å². The lowest BCUT2D eigenvalue weighted by atomic mass is 9.96. The van der Waals surface area contributed by atoms with E-state index in [2.05, 4.69) is 5.32 Å². The van der Waals surface area contributed by atoms with Gasteiger partial charge < -0.3 is 19.5 Å². The van der Waals surface area contributed by atoms with E-state index >= 15 is 0 Å². The van der Waals surface area contributed by atoms with Gasteiger partial charge in [0.15, 0.2) is 0 Å². The van der Waals surface area contributed by atoms with Gasteiger partial charge in [0.2, 0.25) is 0 Å². The predicted octanol–water partition coefficient (Wildman–Crippen LogP) is 2.92. The third-order valence-corrected chi connectivity index (χ3v) is 3.93. The molecule has 1 fully saturated rings. The highest BCUT2D eigenvalue weighted by atomic mass is 16.5. The summed E-state index contributed by atoms with van der Waals surface area (Å²) in [5, 5.41) is 3.38. The predicted molar refractivity (Wildman–Crippen MR) is 79.6 cm³/mol. The minimum Gasteiger partial charge on any atom is -0.497 e. The summed E-state index contributed by atoms with van der Waals surface area (Å²) in [4.78, 5) is 0. The number of methoxy groups -OCH3 is 2. The van der Waals surface area contributed by atoms with Crippen molar-refractivity contribution in [2.24, 2.45) is 0 Å². The molecule has 0 radical (unpaired) electrons. The molecule has 1 heterocycles. The fourth-order valence-corrected chi connectivity index (χ4v) is 2.77. The molecule has 0 amide bonds. The monoisotopic (exact) mass is 279 g/mol. The van der Waals surface area contributed by atoms with Crippen LogP contribution in [0, 0.1) is 0 Å². The van der Waals surface area contributed by atoms with Crippen LogP contribution >= 0.6 is 0 Å². The Morgan fingerprint density at radius 2 is 2.15 bits per heavy atom. The highest BCUT2D eigenvalue weighted by Crippen LogP contribution is 2.33. The fourth-order valence-electron chi connectivity index (χ4n) is 2.77. The second-order valence-corrected chi connectivity index (χ2v) is 5.17. The molecule has 1 aromatic carbocycles. The Labute approximate surface area is 121 Å². The molecule has 2 unspecified atom stereocenters. The smallest absolute Gasteiger partial charge is 0.123 e. The third kappa shape index (κ3) is 3.64. The van der Waals surface area contributed by atoms with E-state index in [1.807, 2.05) is 25.2 Å². The van der Waals surface area contributed by atoms with Gasteiger partial charge in [0.05, 0.1) is 20.3 Å². The third-order valence-electron chi connectivity index (χ3n) is 3.93. The van der Waals surface area contributed by atoms with Crippen LogP contribution in [-0.2, 0) is 4.74 Å². The first-order valence-corrected chi connectivity index (χ1v) is 7.29. The molecular formula is C16H25NO3. The maximum Gasteiger partial charge on any atom is 0.123 e. The molecule has 0 bridgehead atoms. The van der Waals surface area contributed by atoms with Crippen molar-refractivity contribution >= 4 is 0 Å². The molecule has 112 valence electrons. The molecule has 2 rings (SSSR count). The lowest BCUT2D eigenvalue weighted by molar-refractivity contribution is 0.00535. The fraction of sp³-hybridized carbons (Fsp3) is 0.625. The molecule has 4 nitrogen and oxygen atoms in total. The molecule has 2 atom stereocenters.